The van der Waals surface area contributed by atoms with Crippen LogP contribution in [0.3, 0.4) is 0 Å². The van der Waals surface area contributed by atoms with Crippen LogP contribution in [0.2, 0.25) is 5.02 Å². The third kappa shape index (κ3) is 4.63. The highest BCUT2D eigenvalue weighted by molar-refractivity contribution is 7.18. The molecule has 0 radical (unpaired) electrons. The Hall–Kier alpha value is -2.76. The van der Waals surface area contributed by atoms with E-state index in [-0.39, 0.29) is 24.5 Å². The van der Waals surface area contributed by atoms with Gasteiger partial charge in [0.1, 0.15) is 15.9 Å². The summed E-state index contributed by atoms with van der Waals surface area (Å²) >= 11 is 7.30. The number of nitrogens with zero attached hydrogens (tertiary/aromatic N) is 1. The fraction of sp³-hybridized carbons (Fsp3) is 0.350. The summed E-state index contributed by atoms with van der Waals surface area (Å²) in [6.45, 7) is 4.61. The van der Waals surface area contributed by atoms with E-state index in [2.05, 4.69) is 5.32 Å². The van der Waals surface area contributed by atoms with E-state index in [1.807, 2.05) is 6.07 Å². The van der Waals surface area contributed by atoms with Gasteiger partial charge in [0.2, 0.25) is 5.91 Å². The van der Waals surface area contributed by atoms with E-state index in [1.54, 1.807) is 26.0 Å². The molecule has 1 aromatic carbocycles. The van der Waals surface area contributed by atoms with Crippen LogP contribution in [-0.2, 0) is 16.0 Å². The Morgan fingerprint density at radius 2 is 2.10 bits per heavy atom. The molecule has 29 heavy (non-hydrogen) atoms. The molecule has 0 bridgehead atoms. The molecule has 2 aromatic rings. The minimum Gasteiger partial charge on any atom is -0.489 e. The molecule has 2 heterocycles. The van der Waals surface area contributed by atoms with E-state index < -0.39 is 5.97 Å². The molecule has 0 fully saturated rings. The van der Waals surface area contributed by atoms with Gasteiger partial charge < -0.3 is 19.5 Å². The van der Waals surface area contributed by atoms with Crippen molar-refractivity contribution in [3.05, 3.63) is 38.7 Å². The summed E-state index contributed by atoms with van der Waals surface area (Å²) in [4.78, 5) is 24.9. The van der Waals surface area contributed by atoms with Gasteiger partial charge in [-0.3, -0.25) is 4.79 Å². The zero-order valence-electron chi connectivity index (χ0n) is 16.0. The molecule has 3 rings (SSSR count). The molecule has 152 valence electrons. The number of amides is 1. The minimum atomic E-state index is -0.512. The largest absolute Gasteiger partial charge is 0.489 e. The lowest BCUT2D eigenvalue weighted by Crippen LogP contribution is -2.14. The van der Waals surface area contributed by atoms with Crippen LogP contribution in [-0.4, -0.2) is 31.7 Å². The van der Waals surface area contributed by atoms with Crippen molar-refractivity contribution in [2.45, 2.75) is 26.7 Å². The number of thiophene rings is 1. The van der Waals surface area contributed by atoms with Crippen molar-refractivity contribution in [2.24, 2.45) is 0 Å². The molecule has 0 aliphatic carbocycles. The van der Waals surface area contributed by atoms with Crippen LogP contribution in [0.4, 0.5) is 5.00 Å². The molecule has 0 saturated carbocycles. The van der Waals surface area contributed by atoms with Crippen LogP contribution in [0.15, 0.2) is 12.1 Å². The van der Waals surface area contributed by atoms with Crippen molar-refractivity contribution < 1.29 is 23.8 Å². The highest BCUT2D eigenvalue weighted by atomic mass is 35.5. The van der Waals surface area contributed by atoms with Gasteiger partial charge in [0.15, 0.2) is 11.5 Å². The number of carbonyl (C=O) groups is 2. The van der Waals surface area contributed by atoms with Gasteiger partial charge in [-0.1, -0.05) is 11.6 Å². The van der Waals surface area contributed by atoms with Crippen LogP contribution in [0, 0.1) is 18.3 Å². The Morgan fingerprint density at radius 1 is 1.34 bits per heavy atom. The third-order valence-electron chi connectivity index (χ3n) is 4.20. The van der Waals surface area contributed by atoms with E-state index in [1.165, 1.54) is 0 Å². The maximum Gasteiger partial charge on any atom is 0.348 e. The number of nitriles is 1. The van der Waals surface area contributed by atoms with Gasteiger partial charge in [0.25, 0.3) is 0 Å². The smallest absolute Gasteiger partial charge is 0.348 e. The first-order chi connectivity index (χ1) is 13.9. The number of hydrogen-bond donors (Lipinski definition) is 1. The van der Waals surface area contributed by atoms with Crippen LogP contribution in [0.1, 0.15) is 39.7 Å². The van der Waals surface area contributed by atoms with Crippen molar-refractivity contribution in [3.63, 3.8) is 0 Å². The predicted octanol–water partition coefficient (Wildman–Crippen LogP) is 4.10. The predicted molar refractivity (Wildman–Crippen MR) is 109 cm³/mol. The maximum atomic E-state index is 12.6. The highest BCUT2D eigenvalue weighted by Crippen LogP contribution is 2.38. The second-order valence-corrected chi connectivity index (χ2v) is 7.70. The molecule has 1 aliphatic rings. The topological polar surface area (TPSA) is 97.7 Å². The maximum absolute atomic E-state index is 12.6. The lowest BCUT2D eigenvalue weighted by molar-refractivity contribution is -0.115. The number of anilines is 1. The Balaban J connectivity index is 1.79. The van der Waals surface area contributed by atoms with Crippen molar-refractivity contribution in [1.82, 2.24) is 0 Å². The number of halogens is 1. The van der Waals surface area contributed by atoms with Crippen LogP contribution in [0.25, 0.3) is 0 Å². The molecule has 1 aromatic heterocycles. The van der Waals surface area contributed by atoms with Gasteiger partial charge in [0.05, 0.1) is 36.8 Å². The summed E-state index contributed by atoms with van der Waals surface area (Å²) in [6.07, 6.45) is 0.769. The molecule has 9 heteroatoms. The molecule has 7 nitrogen and oxygen atoms in total. The monoisotopic (exact) mass is 434 g/mol. The number of nitrogens with one attached hydrogen (secondary N) is 1. The number of ether oxygens (including phenoxy) is 3. The first-order valence-corrected chi connectivity index (χ1v) is 10.2. The first-order valence-electron chi connectivity index (χ1n) is 9.03. The van der Waals surface area contributed by atoms with Gasteiger partial charge in [0, 0.05) is 6.42 Å². The van der Waals surface area contributed by atoms with Gasteiger partial charge in [-0.2, -0.15) is 5.26 Å². The van der Waals surface area contributed by atoms with Crippen molar-refractivity contribution in [3.8, 4) is 17.6 Å². The Morgan fingerprint density at radius 3 is 2.83 bits per heavy atom. The average Bonchev–Trinajstić information content (AvgIpc) is 2.82. The highest BCUT2D eigenvalue weighted by Gasteiger charge is 2.23. The SMILES string of the molecule is CCOC(=O)c1sc(NC(=O)Cc2cc(Cl)c3c(c2)OCCCO3)c(C#N)c1C. The van der Waals surface area contributed by atoms with Crippen molar-refractivity contribution in [1.29, 1.82) is 5.26 Å². The lowest BCUT2D eigenvalue weighted by Gasteiger charge is -2.11. The Kier molecular flexibility index (Phi) is 6.62. The first kappa shape index (κ1) is 21.0. The number of esters is 1. The number of benzene rings is 1. The fourth-order valence-corrected chi connectivity index (χ4v) is 4.23. The van der Waals surface area contributed by atoms with E-state index in [0.717, 1.165) is 17.8 Å². The van der Waals surface area contributed by atoms with Crippen LogP contribution < -0.4 is 14.8 Å². The summed E-state index contributed by atoms with van der Waals surface area (Å²) in [5, 5.41) is 12.8. The third-order valence-corrected chi connectivity index (χ3v) is 5.67. The van der Waals surface area contributed by atoms with E-state index in [4.69, 9.17) is 25.8 Å². The zero-order chi connectivity index (χ0) is 21.0. The molecule has 1 aliphatic heterocycles. The van der Waals surface area contributed by atoms with Crippen LogP contribution >= 0.6 is 22.9 Å². The average molecular weight is 435 g/mol. The molecule has 0 atom stereocenters. The summed E-state index contributed by atoms with van der Waals surface area (Å²) in [5.74, 6) is 0.130. The molecule has 0 spiro atoms. The molecular weight excluding hydrogens is 416 g/mol. The Bertz CT molecular complexity index is 996. The summed E-state index contributed by atoms with van der Waals surface area (Å²) in [5.41, 5.74) is 1.39. The number of carbonyl (C=O) groups excluding carboxylic acids is 2. The second-order valence-electron chi connectivity index (χ2n) is 6.27. The van der Waals surface area contributed by atoms with E-state index in [0.29, 0.717) is 50.7 Å². The Labute approximate surface area is 177 Å². The minimum absolute atomic E-state index is 0.0207. The standard InChI is InChI=1S/C20H19ClN2O5S/c1-3-26-20(25)18-11(2)13(10-22)19(29-18)23-16(24)9-12-7-14(21)17-15(8-12)27-5-4-6-28-17/h7-8H,3-6,9H2,1-2H3,(H,23,24). The number of hydrogen-bond acceptors (Lipinski definition) is 7. The van der Waals surface area contributed by atoms with E-state index >= 15 is 0 Å². The molecule has 1 amide bonds. The molecule has 0 unspecified atom stereocenters. The summed E-state index contributed by atoms with van der Waals surface area (Å²) in [7, 11) is 0. The van der Waals surface area contributed by atoms with Gasteiger partial charge in [-0.25, -0.2) is 4.79 Å². The number of fused-ring (bicyclic) bond motifs is 1. The van der Waals surface area contributed by atoms with Crippen molar-refractivity contribution >= 4 is 39.8 Å². The van der Waals surface area contributed by atoms with Gasteiger partial charge in [-0.15, -0.1) is 11.3 Å². The summed E-state index contributed by atoms with van der Waals surface area (Å²) < 4.78 is 16.2. The fourth-order valence-electron chi connectivity index (χ4n) is 2.87. The number of rotatable bonds is 5. The molecule has 0 saturated heterocycles. The van der Waals surface area contributed by atoms with Crippen LogP contribution in [0.5, 0.6) is 11.5 Å². The van der Waals surface area contributed by atoms with Gasteiger partial charge >= 0.3 is 5.97 Å². The second kappa shape index (κ2) is 9.16. The van der Waals surface area contributed by atoms with E-state index in [9.17, 15) is 14.9 Å². The molecular formula is C20H19ClN2O5S. The van der Waals surface area contributed by atoms with Gasteiger partial charge in [-0.05, 0) is 37.1 Å². The normalized spacial score (nSPS) is 12.6. The van der Waals surface area contributed by atoms with Crippen molar-refractivity contribution in [2.75, 3.05) is 25.1 Å². The summed E-state index contributed by atoms with van der Waals surface area (Å²) in [6, 6.07) is 5.42. The zero-order valence-corrected chi connectivity index (χ0v) is 17.5. The molecule has 1 N–H and O–H groups in total. The lowest BCUT2D eigenvalue weighted by atomic mass is 10.1. The quantitative estimate of drug-likeness (QED) is 0.711.